The Hall–Kier alpha value is -0.975. The molecule has 4 rings (SSSR count). The molecule has 3 aliphatic rings. The molecule has 0 atom stereocenters. The summed E-state index contributed by atoms with van der Waals surface area (Å²) < 4.78 is 0. The van der Waals surface area contributed by atoms with Crippen LogP contribution in [-0.2, 0) is 12.8 Å². The van der Waals surface area contributed by atoms with E-state index in [4.69, 9.17) is 0 Å². The van der Waals surface area contributed by atoms with Gasteiger partial charge in [0.15, 0.2) is 6.71 Å². The predicted octanol–water partition coefficient (Wildman–Crippen LogP) is 4.15. The number of rotatable bonds is 1. The van der Waals surface area contributed by atoms with Gasteiger partial charge in [-0.25, -0.2) is 0 Å². The lowest BCUT2D eigenvalue weighted by atomic mass is 9.24. The van der Waals surface area contributed by atoms with Crippen LogP contribution in [0.15, 0.2) is 30.4 Å². The van der Waals surface area contributed by atoms with Crippen molar-refractivity contribution >= 4 is 12.2 Å². The minimum Gasteiger partial charge on any atom is -0.0838 e. The molecule has 1 aliphatic carbocycles. The van der Waals surface area contributed by atoms with Gasteiger partial charge in [0, 0.05) is 0 Å². The molecule has 2 bridgehead atoms. The van der Waals surface area contributed by atoms with E-state index >= 15 is 0 Å². The zero-order valence-electron chi connectivity index (χ0n) is 11.8. The highest BCUT2D eigenvalue weighted by Gasteiger charge is 2.40. The smallest absolute Gasteiger partial charge is 0.0838 e. The second kappa shape index (κ2) is 4.85. The van der Waals surface area contributed by atoms with E-state index in [1.165, 1.54) is 38.5 Å². The van der Waals surface area contributed by atoms with Crippen molar-refractivity contribution in [3.63, 3.8) is 0 Å². The molecular weight excluding hydrogens is 227 g/mol. The third-order valence-corrected chi connectivity index (χ3v) is 5.77. The first-order chi connectivity index (χ1) is 9.42. The van der Waals surface area contributed by atoms with Crippen LogP contribution in [0.4, 0.5) is 0 Å². The maximum atomic E-state index is 2.56. The van der Waals surface area contributed by atoms with Gasteiger partial charge in [0.25, 0.3) is 0 Å². The van der Waals surface area contributed by atoms with E-state index in [1.54, 1.807) is 16.6 Å². The molecule has 1 aromatic carbocycles. The fourth-order valence-electron chi connectivity index (χ4n) is 4.88. The van der Waals surface area contributed by atoms with Gasteiger partial charge >= 0.3 is 0 Å². The summed E-state index contributed by atoms with van der Waals surface area (Å²) in [5.74, 6) is 1.98. The predicted molar refractivity (Wildman–Crippen MR) is 83.6 cm³/mol. The van der Waals surface area contributed by atoms with Gasteiger partial charge in [-0.1, -0.05) is 86.0 Å². The first-order valence-corrected chi connectivity index (χ1v) is 8.18. The van der Waals surface area contributed by atoms with E-state index in [-0.39, 0.29) is 0 Å². The van der Waals surface area contributed by atoms with Crippen LogP contribution in [0.3, 0.4) is 0 Å². The summed E-state index contributed by atoms with van der Waals surface area (Å²) in [4.78, 5) is 0. The van der Waals surface area contributed by atoms with E-state index < -0.39 is 0 Å². The topological polar surface area (TPSA) is 0 Å². The number of benzene rings is 1. The van der Waals surface area contributed by atoms with Crippen LogP contribution in [0.25, 0.3) is 0 Å². The summed E-state index contributed by atoms with van der Waals surface area (Å²) in [6.45, 7) is 0.888. The fraction of sp³-hybridized carbons (Fsp3) is 0.556. The summed E-state index contributed by atoms with van der Waals surface area (Å²) in [5, 5.41) is 0. The van der Waals surface area contributed by atoms with Crippen LogP contribution in [0, 0.1) is 0 Å². The van der Waals surface area contributed by atoms with Crippen molar-refractivity contribution in [3.8, 4) is 0 Å². The minimum atomic E-state index is 0.888. The molecule has 2 saturated heterocycles. The fourth-order valence-corrected chi connectivity index (χ4v) is 4.88. The molecule has 2 heterocycles. The van der Waals surface area contributed by atoms with E-state index in [0.29, 0.717) is 0 Å². The molecule has 0 unspecified atom stereocenters. The van der Waals surface area contributed by atoms with E-state index in [9.17, 15) is 0 Å². The average Bonchev–Trinajstić information content (AvgIpc) is 2.46. The highest BCUT2D eigenvalue weighted by atomic mass is 14.3. The monoisotopic (exact) mass is 250 g/mol. The molecule has 1 aromatic rings. The summed E-state index contributed by atoms with van der Waals surface area (Å²) in [5.41, 5.74) is 4.83. The molecule has 98 valence electrons. The Morgan fingerprint density at radius 2 is 1.42 bits per heavy atom. The van der Waals surface area contributed by atoms with Crippen LogP contribution >= 0.6 is 0 Å². The Bertz CT molecular complexity index is 480. The second-order valence-electron chi connectivity index (χ2n) is 6.82. The van der Waals surface area contributed by atoms with Crippen LogP contribution < -0.4 is 5.46 Å². The molecular formula is C18H23B. The number of allylic oxidation sites excluding steroid dienone is 2. The van der Waals surface area contributed by atoms with Crippen molar-refractivity contribution in [2.45, 2.75) is 63.0 Å². The van der Waals surface area contributed by atoms with Crippen LogP contribution in [0.2, 0.25) is 11.6 Å². The largest absolute Gasteiger partial charge is 0.182 e. The minimum absolute atomic E-state index is 0.888. The molecule has 0 aromatic heterocycles. The number of fused-ring (bicyclic) bond motifs is 3. The molecule has 1 heteroatoms. The molecule has 0 N–H and O–H groups in total. The molecule has 0 nitrogen and oxygen atoms in total. The maximum Gasteiger partial charge on any atom is 0.182 e. The Morgan fingerprint density at radius 3 is 2.11 bits per heavy atom. The summed E-state index contributed by atoms with van der Waals surface area (Å²) in [6, 6.07) is 7.43. The second-order valence-corrected chi connectivity index (χ2v) is 6.82. The Kier molecular flexibility index (Phi) is 3.02. The molecule has 2 fully saturated rings. The van der Waals surface area contributed by atoms with E-state index in [0.717, 1.165) is 31.2 Å². The summed E-state index contributed by atoms with van der Waals surface area (Å²) >= 11 is 0. The standard InChI is InChI=1S/C18H23B/c1-2-6-15-13-18(12-11-14(15)5-1)19-16-7-3-8-17(19)10-4-9-16/h1-2,11-13,16-17H,3-10H2. The Balaban J connectivity index is 1.68. The first-order valence-electron chi connectivity index (χ1n) is 8.18. The lowest BCUT2D eigenvalue weighted by Gasteiger charge is -2.41. The highest BCUT2D eigenvalue weighted by molar-refractivity contribution is 6.76. The average molecular weight is 250 g/mol. The van der Waals surface area contributed by atoms with E-state index in [2.05, 4.69) is 30.4 Å². The first kappa shape index (κ1) is 11.8. The third-order valence-electron chi connectivity index (χ3n) is 5.77. The van der Waals surface area contributed by atoms with Crippen molar-refractivity contribution in [2.24, 2.45) is 0 Å². The van der Waals surface area contributed by atoms with Crippen molar-refractivity contribution in [1.29, 1.82) is 0 Å². The molecule has 2 aliphatic heterocycles. The third kappa shape index (κ3) is 2.08. The zero-order chi connectivity index (χ0) is 12.7. The van der Waals surface area contributed by atoms with Gasteiger partial charge in [-0.3, -0.25) is 0 Å². The van der Waals surface area contributed by atoms with Gasteiger partial charge < -0.3 is 0 Å². The Morgan fingerprint density at radius 1 is 0.789 bits per heavy atom. The maximum absolute atomic E-state index is 2.56. The Labute approximate surface area is 117 Å². The SMILES string of the molecule is C1=CCc2cc(B3C4CCCC3CCC4)ccc2C1. The van der Waals surface area contributed by atoms with Gasteiger partial charge in [-0.15, -0.1) is 0 Å². The molecule has 0 radical (unpaired) electrons. The van der Waals surface area contributed by atoms with Crippen molar-refractivity contribution in [1.82, 2.24) is 0 Å². The number of hydrogen-bond acceptors (Lipinski definition) is 0. The molecule has 0 amide bonds. The molecule has 0 saturated carbocycles. The van der Waals surface area contributed by atoms with Gasteiger partial charge in [0.1, 0.15) is 0 Å². The normalized spacial score (nSPS) is 29.2. The van der Waals surface area contributed by atoms with Gasteiger partial charge in [0.2, 0.25) is 0 Å². The lowest BCUT2D eigenvalue weighted by Crippen LogP contribution is -2.44. The van der Waals surface area contributed by atoms with Gasteiger partial charge in [0.05, 0.1) is 0 Å². The number of hydrogen-bond donors (Lipinski definition) is 0. The van der Waals surface area contributed by atoms with Gasteiger partial charge in [-0.05, 0) is 24.0 Å². The zero-order valence-corrected chi connectivity index (χ0v) is 11.8. The van der Waals surface area contributed by atoms with Crippen molar-refractivity contribution < 1.29 is 0 Å². The van der Waals surface area contributed by atoms with Crippen molar-refractivity contribution in [2.75, 3.05) is 0 Å². The van der Waals surface area contributed by atoms with E-state index in [1.807, 2.05) is 0 Å². The molecule has 19 heavy (non-hydrogen) atoms. The van der Waals surface area contributed by atoms with Crippen LogP contribution in [0.1, 0.15) is 49.7 Å². The van der Waals surface area contributed by atoms with Crippen LogP contribution in [0.5, 0.6) is 0 Å². The summed E-state index contributed by atoms with van der Waals surface area (Å²) in [6.07, 6.45) is 15.9. The van der Waals surface area contributed by atoms with Gasteiger partial charge in [-0.2, -0.15) is 0 Å². The van der Waals surface area contributed by atoms with Crippen LogP contribution in [-0.4, -0.2) is 6.71 Å². The highest BCUT2D eigenvalue weighted by Crippen LogP contribution is 2.46. The van der Waals surface area contributed by atoms with Crippen molar-refractivity contribution in [3.05, 3.63) is 41.5 Å². The quantitative estimate of drug-likeness (QED) is 0.518. The summed E-state index contributed by atoms with van der Waals surface area (Å²) in [7, 11) is 0. The molecule has 0 spiro atoms. The lowest BCUT2D eigenvalue weighted by molar-refractivity contribution is 0.448.